The Morgan fingerprint density at radius 3 is 2.53 bits per heavy atom. The van der Waals surface area contributed by atoms with Gasteiger partial charge in [-0.3, -0.25) is 5.10 Å². The van der Waals surface area contributed by atoms with Crippen LogP contribution in [0.1, 0.15) is 76.6 Å². The maximum absolute atomic E-state index is 10.3. The van der Waals surface area contributed by atoms with Crippen molar-refractivity contribution in [2.45, 2.75) is 84.0 Å². The van der Waals surface area contributed by atoms with Crippen LogP contribution in [0.3, 0.4) is 0 Å². The van der Waals surface area contributed by atoms with Crippen molar-refractivity contribution >= 4 is 28.5 Å². The first kappa shape index (κ1) is 24.3. The van der Waals surface area contributed by atoms with E-state index in [0.717, 1.165) is 36.9 Å². The topological polar surface area (TPSA) is 137 Å². The monoisotopic (exact) mass is 487 g/mol. The second-order valence-electron chi connectivity index (χ2n) is 9.67. The van der Waals surface area contributed by atoms with Crippen LogP contribution < -0.4 is 16.7 Å². The fourth-order valence-electron chi connectivity index (χ4n) is 4.48. The van der Waals surface area contributed by atoms with E-state index in [1.54, 1.807) is 12.1 Å². The molecule has 0 bridgehead atoms. The van der Waals surface area contributed by atoms with Gasteiger partial charge in [0.05, 0.1) is 22.3 Å². The zero-order valence-corrected chi connectivity index (χ0v) is 20.9. The molecule has 1 aliphatic rings. The van der Waals surface area contributed by atoms with Gasteiger partial charge in [-0.15, -0.1) is 0 Å². The highest BCUT2D eigenvalue weighted by molar-refractivity contribution is 6.32. The molecule has 34 heavy (non-hydrogen) atoms. The molecule has 0 unspecified atom stereocenters. The number of halogens is 1. The number of phenolic OH excluding ortho intramolecular Hbond substituents is 2. The summed E-state index contributed by atoms with van der Waals surface area (Å²) in [6.45, 7) is 8.72. The quantitative estimate of drug-likeness (QED) is 0.328. The van der Waals surface area contributed by atoms with E-state index in [1.165, 1.54) is 0 Å². The van der Waals surface area contributed by atoms with Crippen molar-refractivity contribution in [1.82, 2.24) is 19.7 Å². The third kappa shape index (κ3) is 4.72. The van der Waals surface area contributed by atoms with Crippen molar-refractivity contribution in [3.8, 4) is 11.5 Å². The second kappa shape index (κ2) is 9.84. The Morgan fingerprint density at radius 1 is 1.18 bits per heavy atom. The predicted molar refractivity (Wildman–Crippen MR) is 134 cm³/mol. The molecule has 1 saturated carbocycles. The van der Waals surface area contributed by atoms with Gasteiger partial charge in [0.25, 0.3) is 0 Å². The molecular weight excluding hydrogens is 454 g/mol. The van der Waals surface area contributed by atoms with E-state index < -0.39 is 0 Å². The lowest BCUT2D eigenvalue weighted by atomic mass is 9.92. The molecular formula is C24H34ClN7O2. The van der Waals surface area contributed by atoms with E-state index in [4.69, 9.17) is 27.3 Å². The number of phenols is 2. The number of aromatic hydroxyl groups is 2. The third-order valence-electron chi connectivity index (χ3n) is 6.43. The highest BCUT2D eigenvalue weighted by Gasteiger charge is 2.22. The van der Waals surface area contributed by atoms with E-state index in [0.29, 0.717) is 22.5 Å². The van der Waals surface area contributed by atoms with Crippen molar-refractivity contribution in [2.75, 3.05) is 5.32 Å². The smallest absolute Gasteiger partial charge is 0.227 e. The Labute approximate surface area is 204 Å². The Balaban J connectivity index is 1.83. The SMILES string of the molecule is CC(C)c1[nH]nc2c(NCc3ccc(Cl)c(O)c3O)nc(=NC3CCC(N)CC3)n(C(C)C)c12. The van der Waals surface area contributed by atoms with Gasteiger partial charge in [-0.05, 0) is 51.5 Å². The number of benzene rings is 1. The van der Waals surface area contributed by atoms with Gasteiger partial charge >= 0.3 is 0 Å². The summed E-state index contributed by atoms with van der Waals surface area (Å²) >= 11 is 5.90. The summed E-state index contributed by atoms with van der Waals surface area (Å²) in [5, 5.41) is 31.5. The molecule has 3 aromatic rings. The number of hydrogen-bond acceptors (Lipinski definition) is 7. The average Bonchev–Trinajstić information content (AvgIpc) is 3.23. The van der Waals surface area contributed by atoms with Crippen molar-refractivity contribution in [1.29, 1.82) is 0 Å². The number of aromatic nitrogens is 4. The van der Waals surface area contributed by atoms with Crippen LogP contribution in [0.4, 0.5) is 5.82 Å². The summed E-state index contributed by atoms with van der Waals surface area (Å²) in [5.41, 5.74) is 9.94. The Bertz CT molecular complexity index is 1240. The van der Waals surface area contributed by atoms with Crippen LogP contribution in [-0.2, 0) is 6.54 Å². The van der Waals surface area contributed by atoms with Gasteiger partial charge in [0, 0.05) is 24.2 Å². The first-order valence-corrected chi connectivity index (χ1v) is 12.3. The van der Waals surface area contributed by atoms with Crippen LogP contribution in [0, 0.1) is 0 Å². The van der Waals surface area contributed by atoms with Crippen molar-refractivity contribution < 1.29 is 10.2 Å². The number of hydrogen-bond donors (Lipinski definition) is 5. The number of anilines is 1. The summed E-state index contributed by atoms with van der Waals surface area (Å²) in [6.07, 6.45) is 3.82. The summed E-state index contributed by atoms with van der Waals surface area (Å²) < 4.78 is 2.15. The summed E-state index contributed by atoms with van der Waals surface area (Å²) in [5.74, 6) is 0.203. The number of nitrogens with one attached hydrogen (secondary N) is 2. The van der Waals surface area contributed by atoms with Crippen LogP contribution in [0.2, 0.25) is 5.02 Å². The molecule has 0 spiro atoms. The largest absolute Gasteiger partial charge is 0.504 e. The minimum Gasteiger partial charge on any atom is -0.504 e. The lowest BCUT2D eigenvalue weighted by Gasteiger charge is -2.24. The lowest BCUT2D eigenvalue weighted by Crippen LogP contribution is -2.33. The lowest BCUT2D eigenvalue weighted by molar-refractivity contribution is 0.386. The number of aromatic amines is 1. The first-order chi connectivity index (χ1) is 16.2. The van der Waals surface area contributed by atoms with Crippen LogP contribution in [-0.4, -0.2) is 42.0 Å². The van der Waals surface area contributed by atoms with E-state index >= 15 is 0 Å². The fraction of sp³-hybridized carbons (Fsp3) is 0.542. The van der Waals surface area contributed by atoms with Gasteiger partial charge in [-0.25, -0.2) is 4.99 Å². The molecule has 10 heteroatoms. The maximum Gasteiger partial charge on any atom is 0.227 e. The molecule has 0 aliphatic heterocycles. The summed E-state index contributed by atoms with van der Waals surface area (Å²) in [7, 11) is 0. The molecule has 1 aliphatic carbocycles. The van der Waals surface area contributed by atoms with Crippen LogP contribution in [0.15, 0.2) is 17.1 Å². The van der Waals surface area contributed by atoms with Gasteiger partial charge in [0.2, 0.25) is 5.62 Å². The molecule has 0 radical (unpaired) electrons. The highest BCUT2D eigenvalue weighted by Crippen LogP contribution is 2.36. The van der Waals surface area contributed by atoms with Gasteiger partial charge in [-0.2, -0.15) is 10.1 Å². The fourth-order valence-corrected chi connectivity index (χ4v) is 4.64. The predicted octanol–water partition coefficient (Wildman–Crippen LogP) is 4.31. The van der Waals surface area contributed by atoms with Gasteiger partial charge < -0.3 is 25.8 Å². The molecule has 0 saturated heterocycles. The normalized spacial score (nSPS) is 19.5. The van der Waals surface area contributed by atoms with E-state index in [1.807, 2.05) is 0 Å². The van der Waals surface area contributed by atoms with E-state index in [9.17, 15) is 10.2 Å². The minimum atomic E-state index is -0.335. The summed E-state index contributed by atoms with van der Waals surface area (Å²) in [4.78, 5) is 9.96. The minimum absolute atomic E-state index is 0.0987. The van der Waals surface area contributed by atoms with Crippen LogP contribution >= 0.6 is 11.6 Å². The zero-order valence-electron chi connectivity index (χ0n) is 20.1. The molecule has 184 valence electrons. The van der Waals surface area contributed by atoms with E-state index in [-0.39, 0.29) is 47.1 Å². The number of nitrogens with zero attached hydrogens (tertiary/aromatic N) is 4. The second-order valence-corrected chi connectivity index (χ2v) is 10.1. The molecule has 4 rings (SSSR count). The Kier molecular flexibility index (Phi) is 7.04. The number of rotatable bonds is 6. The molecule has 2 aromatic heterocycles. The molecule has 1 aromatic carbocycles. The van der Waals surface area contributed by atoms with Crippen molar-refractivity contribution in [3.63, 3.8) is 0 Å². The molecule has 9 nitrogen and oxygen atoms in total. The van der Waals surface area contributed by atoms with Gasteiger partial charge in [0.15, 0.2) is 22.8 Å². The van der Waals surface area contributed by atoms with Crippen LogP contribution in [0.5, 0.6) is 11.5 Å². The number of fused-ring (bicyclic) bond motifs is 1. The molecule has 2 heterocycles. The van der Waals surface area contributed by atoms with Gasteiger partial charge in [0.1, 0.15) is 0 Å². The number of H-pyrrole nitrogens is 1. The van der Waals surface area contributed by atoms with Gasteiger partial charge in [-0.1, -0.05) is 31.5 Å². The average molecular weight is 488 g/mol. The summed E-state index contributed by atoms with van der Waals surface area (Å²) in [6, 6.07) is 3.77. The van der Waals surface area contributed by atoms with Crippen molar-refractivity contribution in [3.05, 3.63) is 34.0 Å². The first-order valence-electron chi connectivity index (χ1n) is 11.9. The molecule has 0 amide bonds. The zero-order chi connectivity index (χ0) is 24.6. The maximum atomic E-state index is 10.3. The van der Waals surface area contributed by atoms with Crippen molar-refractivity contribution in [2.24, 2.45) is 10.7 Å². The Hall–Kier alpha value is -2.78. The standard InChI is InChI=1S/C24H34ClN7O2/c1-12(2)18-20-19(31-30-18)23(27-11-14-5-10-17(25)22(34)21(14)33)29-24(32(20)13(3)4)28-16-8-6-15(26)7-9-16/h5,10,12-13,15-16,33-34H,6-9,11,26H2,1-4H3,(H,30,31)(H,27,28,29). The number of nitrogens with two attached hydrogens (primary N) is 1. The highest BCUT2D eigenvalue weighted by atomic mass is 35.5. The molecule has 0 atom stereocenters. The Morgan fingerprint density at radius 2 is 1.88 bits per heavy atom. The van der Waals surface area contributed by atoms with E-state index in [2.05, 4.69) is 47.8 Å². The van der Waals surface area contributed by atoms with Crippen LogP contribution in [0.25, 0.3) is 11.0 Å². The third-order valence-corrected chi connectivity index (χ3v) is 6.73. The molecule has 1 fully saturated rings. The molecule has 6 N–H and O–H groups in total.